The summed E-state index contributed by atoms with van der Waals surface area (Å²) in [5.74, 6) is 0. The van der Waals surface area contributed by atoms with Crippen molar-refractivity contribution in [2.24, 2.45) is 0 Å². The van der Waals surface area contributed by atoms with Crippen LogP contribution in [0.15, 0.2) is 34.9 Å². The lowest BCUT2D eigenvalue weighted by molar-refractivity contribution is 0.0900. The highest BCUT2D eigenvalue weighted by Crippen LogP contribution is 2.23. The van der Waals surface area contributed by atoms with E-state index in [9.17, 15) is 4.79 Å². The van der Waals surface area contributed by atoms with Crippen LogP contribution in [0.4, 0.5) is 4.79 Å². The first-order valence-electron chi connectivity index (χ1n) is 8.25. The number of amides is 1. The summed E-state index contributed by atoms with van der Waals surface area (Å²) in [6.07, 6.45) is 6.06. The number of nitrogens with zero attached hydrogens (tertiary/aromatic N) is 3. The van der Waals surface area contributed by atoms with E-state index in [0.29, 0.717) is 6.04 Å². The molecule has 0 N–H and O–H groups in total. The minimum Gasteiger partial charge on any atom is -0.443 e. The standard InChI is InChI=1S/C18H22BrN3O2/c1-13-11-20-22(16-9-7-14(19)8-10-16)17(13)12-24-18(23)21(2)15-5-3-4-6-15/h7-11,15H,3-6,12H2,1-2H3. The quantitative estimate of drug-likeness (QED) is 0.772. The number of aromatic nitrogens is 2. The molecule has 1 aliphatic rings. The van der Waals surface area contributed by atoms with Crippen LogP contribution >= 0.6 is 15.9 Å². The van der Waals surface area contributed by atoms with Crippen LogP contribution in [0.1, 0.15) is 36.9 Å². The fraction of sp³-hybridized carbons (Fsp3) is 0.444. The summed E-state index contributed by atoms with van der Waals surface area (Å²) in [6.45, 7) is 2.20. The molecule has 128 valence electrons. The number of hydrogen-bond acceptors (Lipinski definition) is 3. The number of carbonyl (C=O) groups is 1. The molecular weight excluding hydrogens is 370 g/mol. The number of rotatable bonds is 4. The normalized spacial score (nSPS) is 14.8. The van der Waals surface area contributed by atoms with Gasteiger partial charge in [0.2, 0.25) is 0 Å². The zero-order valence-corrected chi connectivity index (χ0v) is 15.6. The van der Waals surface area contributed by atoms with Crippen molar-refractivity contribution in [3.05, 3.63) is 46.2 Å². The lowest BCUT2D eigenvalue weighted by Crippen LogP contribution is -2.35. The van der Waals surface area contributed by atoms with Gasteiger partial charge in [-0.1, -0.05) is 28.8 Å². The van der Waals surface area contributed by atoms with Gasteiger partial charge in [-0.15, -0.1) is 0 Å². The summed E-state index contributed by atoms with van der Waals surface area (Å²) in [5.41, 5.74) is 2.85. The van der Waals surface area contributed by atoms with Gasteiger partial charge in [0, 0.05) is 17.6 Å². The van der Waals surface area contributed by atoms with E-state index < -0.39 is 0 Å². The Bertz CT molecular complexity index is 706. The molecule has 0 spiro atoms. The molecule has 1 amide bonds. The van der Waals surface area contributed by atoms with E-state index in [1.165, 1.54) is 12.8 Å². The van der Waals surface area contributed by atoms with Gasteiger partial charge in [-0.2, -0.15) is 5.10 Å². The van der Waals surface area contributed by atoms with Crippen molar-refractivity contribution in [3.63, 3.8) is 0 Å². The molecular formula is C18H22BrN3O2. The highest BCUT2D eigenvalue weighted by molar-refractivity contribution is 9.10. The Morgan fingerprint density at radius 1 is 1.33 bits per heavy atom. The molecule has 1 aromatic heterocycles. The smallest absolute Gasteiger partial charge is 0.410 e. The Kier molecular flexibility index (Phi) is 5.23. The Labute approximate surface area is 150 Å². The van der Waals surface area contributed by atoms with E-state index in [1.54, 1.807) is 11.1 Å². The SMILES string of the molecule is Cc1cnn(-c2ccc(Br)cc2)c1COC(=O)N(C)C1CCCC1. The summed E-state index contributed by atoms with van der Waals surface area (Å²) < 4.78 is 8.38. The van der Waals surface area contributed by atoms with Gasteiger partial charge >= 0.3 is 6.09 Å². The number of halogens is 1. The second-order valence-electron chi connectivity index (χ2n) is 6.27. The van der Waals surface area contributed by atoms with Crippen LogP contribution in [-0.2, 0) is 11.3 Å². The van der Waals surface area contributed by atoms with Crippen LogP contribution in [0.2, 0.25) is 0 Å². The van der Waals surface area contributed by atoms with Gasteiger partial charge in [0.1, 0.15) is 6.61 Å². The molecule has 5 nitrogen and oxygen atoms in total. The van der Waals surface area contributed by atoms with Gasteiger partial charge in [0.25, 0.3) is 0 Å². The molecule has 1 heterocycles. The summed E-state index contributed by atoms with van der Waals surface area (Å²) in [4.78, 5) is 14.0. The molecule has 0 aliphatic heterocycles. The van der Waals surface area contributed by atoms with E-state index in [2.05, 4.69) is 21.0 Å². The fourth-order valence-electron chi connectivity index (χ4n) is 3.11. The first-order valence-corrected chi connectivity index (χ1v) is 9.04. The Morgan fingerprint density at radius 2 is 2.00 bits per heavy atom. The lowest BCUT2D eigenvalue weighted by Gasteiger charge is -2.23. The van der Waals surface area contributed by atoms with Crippen molar-refractivity contribution < 1.29 is 9.53 Å². The average molecular weight is 392 g/mol. The minimum absolute atomic E-state index is 0.220. The third kappa shape index (κ3) is 3.64. The lowest BCUT2D eigenvalue weighted by atomic mass is 10.2. The third-order valence-electron chi connectivity index (χ3n) is 4.64. The number of hydrogen-bond donors (Lipinski definition) is 0. The summed E-state index contributed by atoms with van der Waals surface area (Å²) in [6, 6.07) is 8.21. The second-order valence-corrected chi connectivity index (χ2v) is 7.18. The molecule has 1 fully saturated rings. The first kappa shape index (κ1) is 17.0. The molecule has 1 aliphatic carbocycles. The number of carbonyl (C=O) groups excluding carboxylic acids is 1. The van der Waals surface area contributed by atoms with Crippen LogP contribution < -0.4 is 0 Å². The summed E-state index contributed by atoms with van der Waals surface area (Å²) in [7, 11) is 1.83. The monoisotopic (exact) mass is 391 g/mol. The molecule has 3 rings (SSSR count). The van der Waals surface area contributed by atoms with Crippen molar-refractivity contribution in [1.82, 2.24) is 14.7 Å². The average Bonchev–Trinajstić information content (AvgIpc) is 3.23. The topological polar surface area (TPSA) is 47.4 Å². The zero-order chi connectivity index (χ0) is 17.1. The highest BCUT2D eigenvalue weighted by Gasteiger charge is 2.24. The Hall–Kier alpha value is -1.82. The van der Waals surface area contributed by atoms with Crippen LogP contribution in [-0.4, -0.2) is 33.9 Å². The van der Waals surface area contributed by atoms with E-state index >= 15 is 0 Å². The molecule has 0 atom stereocenters. The van der Waals surface area contributed by atoms with Gasteiger partial charge in [0.05, 0.1) is 17.6 Å². The molecule has 1 aromatic carbocycles. The van der Waals surface area contributed by atoms with E-state index in [0.717, 1.165) is 34.3 Å². The van der Waals surface area contributed by atoms with Crippen LogP contribution in [0, 0.1) is 6.92 Å². The van der Waals surface area contributed by atoms with Gasteiger partial charge in [0.15, 0.2) is 0 Å². The van der Waals surface area contributed by atoms with Gasteiger partial charge in [-0.05, 0) is 49.6 Å². The summed E-state index contributed by atoms with van der Waals surface area (Å²) >= 11 is 3.44. The van der Waals surface area contributed by atoms with Gasteiger partial charge in [-0.25, -0.2) is 9.48 Å². The molecule has 0 unspecified atom stereocenters. The van der Waals surface area contributed by atoms with Crippen molar-refractivity contribution in [1.29, 1.82) is 0 Å². The predicted octanol–water partition coefficient (Wildman–Crippen LogP) is 4.45. The maximum Gasteiger partial charge on any atom is 0.410 e. The maximum atomic E-state index is 12.3. The van der Waals surface area contributed by atoms with E-state index in [1.807, 2.05) is 42.9 Å². The van der Waals surface area contributed by atoms with Crippen LogP contribution in [0.25, 0.3) is 5.69 Å². The second kappa shape index (κ2) is 7.38. The van der Waals surface area contributed by atoms with E-state index in [-0.39, 0.29) is 12.7 Å². The van der Waals surface area contributed by atoms with Gasteiger partial charge < -0.3 is 9.64 Å². The summed E-state index contributed by atoms with van der Waals surface area (Å²) in [5, 5.41) is 4.41. The Balaban J connectivity index is 1.70. The molecule has 0 saturated heterocycles. The zero-order valence-electron chi connectivity index (χ0n) is 14.0. The van der Waals surface area contributed by atoms with Crippen molar-refractivity contribution in [2.45, 2.75) is 45.3 Å². The number of benzene rings is 1. The predicted molar refractivity (Wildman–Crippen MR) is 96.2 cm³/mol. The molecule has 6 heteroatoms. The van der Waals surface area contributed by atoms with E-state index in [4.69, 9.17) is 4.74 Å². The maximum absolute atomic E-state index is 12.3. The number of ether oxygens (including phenoxy) is 1. The first-order chi connectivity index (χ1) is 11.6. The largest absolute Gasteiger partial charge is 0.443 e. The molecule has 2 aromatic rings. The fourth-order valence-corrected chi connectivity index (χ4v) is 3.37. The molecule has 0 radical (unpaired) electrons. The molecule has 1 saturated carbocycles. The number of aryl methyl sites for hydroxylation is 1. The van der Waals surface area contributed by atoms with Gasteiger partial charge in [-0.3, -0.25) is 0 Å². The van der Waals surface area contributed by atoms with Crippen molar-refractivity contribution in [3.8, 4) is 5.69 Å². The van der Waals surface area contributed by atoms with Crippen molar-refractivity contribution >= 4 is 22.0 Å². The van der Waals surface area contributed by atoms with Crippen LogP contribution in [0.5, 0.6) is 0 Å². The molecule has 24 heavy (non-hydrogen) atoms. The minimum atomic E-state index is -0.259. The third-order valence-corrected chi connectivity index (χ3v) is 5.17. The van der Waals surface area contributed by atoms with Crippen LogP contribution in [0.3, 0.4) is 0 Å². The highest BCUT2D eigenvalue weighted by atomic mass is 79.9. The van der Waals surface area contributed by atoms with Crippen molar-refractivity contribution in [2.75, 3.05) is 7.05 Å². The Morgan fingerprint density at radius 3 is 2.67 bits per heavy atom. The molecule has 0 bridgehead atoms.